The summed E-state index contributed by atoms with van der Waals surface area (Å²) in [5.74, 6) is -0.00574. The second-order valence-electron chi connectivity index (χ2n) is 5.98. The van der Waals surface area contributed by atoms with E-state index in [0.29, 0.717) is 6.42 Å². The van der Waals surface area contributed by atoms with Crippen LogP contribution in [0, 0.1) is 6.92 Å². The Morgan fingerprint density at radius 2 is 2.10 bits per heavy atom. The van der Waals surface area contributed by atoms with Crippen LogP contribution in [-0.2, 0) is 11.2 Å². The first-order valence-electron chi connectivity index (χ1n) is 7.69. The Hall–Kier alpha value is -1.81. The fourth-order valence-corrected chi connectivity index (χ4v) is 3.26. The van der Waals surface area contributed by atoms with Gasteiger partial charge in [0, 0.05) is 16.6 Å². The Labute approximate surface area is 124 Å². The highest BCUT2D eigenvalue weighted by molar-refractivity contribution is 5.90. The van der Waals surface area contributed by atoms with Crippen molar-refractivity contribution in [2.24, 2.45) is 0 Å². The molecule has 1 heterocycles. The summed E-state index contributed by atoms with van der Waals surface area (Å²) >= 11 is 0. The Bertz CT molecular complexity index is 647. The van der Waals surface area contributed by atoms with Gasteiger partial charge in [0.1, 0.15) is 0 Å². The van der Waals surface area contributed by atoms with Gasteiger partial charge in [0.2, 0.25) is 5.91 Å². The molecular weight excluding hydrogens is 264 g/mol. The highest BCUT2D eigenvalue weighted by Gasteiger charge is 2.24. The minimum atomic E-state index is -0.397. The second-order valence-corrected chi connectivity index (χ2v) is 5.98. The van der Waals surface area contributed by atoms with Crippen molar-refractivity contribution in [2.45, 2.75) is 51.2 Å². The molecule has 112 valence electrons. The second kappa shape index (κ2) is 5.90. The SMILES string of the molecule is Cc1[nH]c2ccccc2c1CC(=O)N[C@H]1CCCC[C@@H]1O. The number of carbonyl (C=O) groups excluding carboxylic acids is 1. The van der Waals surface area contributed by atoms with Gasteiger partial charge in [-0.05, 0) is 31.4 Å². The molecule has 1 aliphatic rings. The maximum Gasteiger partial charge on any atom is 0.224 e. The van der Waals surface area contributed by atoms with Crippen molar-refractivity contribution in [3.63, 3.8) is 0 Å². The number of rotatable bonds is 3. The molecule has 0 aliphatic heterocycles. The number of aliphatic hydroxyl groups excluding tert-OH is 1. The molecule has 1 aromatic carbocycles. The van der Waals surface area contributed by atoms with Gasteiger partial charge in [-0.1, -0.05) is 31.0 Å². The van der Waals surface area contributed by atoms with E-state index >= 15 is 0 Å². The predicted molar refractivity (Wildman–Crippen MR) is 83.1 cm³/mol. The summed E-state index contributed by atoms with van der Waals surface area (Å²) in [5, 5.41) is 14.1. The first kappa shape index (κ1) is 14.1. The van der Waals surface area contributed by atoms with Crippen molar-refractivity contribution in [2.75, 3.05) is 0 Å². The van der Waals surface area contributed by atoms with Crippen LogP contribution < -0.4 is 5.32 Å². The van der Waals surface area contributed by atoms with E-state index in [2.05, 4.69) is 10.3 Å². The molecule has 0 bridgehead atoms. The quantitative estimate of drug-likeness (QED) is 0.811. The van der Waals surface area contributed by atoms with Crippen molar-refractivity contribution in [3.8, 4) is 0 Å². The lowest BCUT2D eigenvalue weighted by molar-refractivity contribution is -0.122. The minimum Gasteiger partial charge on any atom is -0.391 e. The number of aromatic nitrogens is 1. The first-order valence-corrected chi connectivity index (χ1v) is 7.69. The van der Waals surface area contributed by atoms with Crippen LogP contribution in [-0.4, -0.2) is 28.1 Å². The summed E-state index contributed by atoms with van der Waals surface area (Å²) in [4.78, 5) is 15.6. The molecule has 1 aromatic heterocycles. The fraction of sp³-hybridized carbons (Fsp3) is 0.471. The van der Waals surface area contributed by atoms with Crippen LogP contribution in [0.15, 0.2) is 24.3 Å². The number of H-pyrrole nitrogens is 1. The topological polar surface area (TPSA) is 65.1 Å². The highest BCUT2D eigenvalue weighted by Crippen LogP contribution is 2.23. The molecule has 1 fully saturated rings. The molecule has 3 N–H and O–H groups in total. The number of carbonyl (C=O) groups is 1. The molecule has 4 heteroatoms. The maximum absolute atomic E-state index is 12.3. The Balaban J connectivity index is 1.73. The molecule has 0 radical (unpaired) electrons. The number of benzene rings is 1. The van der Waals surface area contributed by atoms with Crippen LogP contribution >= 0.6 is 0 Å². The number of aromatic amines is 1. The molecule has 1 aliphatic carbocycles. The van der Waals surface area contributed by atoms with Gasteiger partial charge in [0.25, 0.3) is 0 Å². The van der Waals surface area contributed by atoms with Crippen LogP contribution in [0.5, 0.6) is 0 Å². The summed E-state index contributed by atoms with van der Waals surface area (Å²) < 4.78 is 0. The van der Waals surface area contributed by atoms with E-state index in [9.17, 15) is 9.90 Å². The molecule has 2 aromatic rings. The Morgan fingerprint density at radius 3 is 2.90 bits per heavy atom. The number of hydrogen-bond donors (Lipinski definition) is 3. The zero-order chi connectivity index (χ0) is 14.8. The minimum absolute atomic E-state index is 0.00574. The number of aliphatic hydroxyl groups is 1. The molecule has 1 saturated carbocycles. The first-order chi connectivity index (χ1) is 10.1. The molecule has 2 atom stereocenters. The molecule has 1 amide bonds. The average Bonchev–Trinajstić information content (AvgIpc) is 2.78. The van der Waals surface area contributed by atoms with Crippen LogP contribution in [0.2, 0.25) is 0 Å². The van der Waals surface area contributed by atoms with E-state index in [-0.39, 0.29) is 11.9 Å². The van der Waals surface area contributed by atoms with E-state index in [4.69, 9.17) is 0 Å². The van der Waals surface area contributed by atoms with Crippen LogP contribution in [0.1, 0.15) is 36.9 Å². The van der Waals surface area contributed by atoms with Crippen molar-refractivity contribution >= 4 is 16.8 Å². The zero-order valence-electron chi connectivity index (χ0n) is 12.4. The van der Waals surface area contributed by atoms with Gasteiger partial charge in [-0.15, -0.1) is 0 Å². The third kappa shape index (κ3) is 2.95. The Kier molecular flexibility index (Phi) is 3.97. The lowest BCUT2D eigenvalue weighted by Gasteiger charge is -2.28. The molecule has 0 unspecified atom stereocenters. The lowest BCUT2D eigenvalue weighted by Crippen LogP contribution is -2.45. The third-order valence-electron chi connectivity index (χ3n) is 4.44. The van der Waals surface area contributed by atoms with Crippen LogP contribution in [0.3, 0.4) is 0 Å². The standard InChI is InChI=1S/C17H22N2O2/c1-11-13(12-6-2-3-7-14(12)18-11)10-17(21)19-15-8-4-5-9-16(15)20/h2-3,6-7,15-16,18,20H,4-5,8-10H2,1H3,(H,19,21)/t15-,16-/m0/s1. The van der Waals surface area contributed by atoms with E-state index in [1.807, 2.05) is 31.2 Å². The summed E-state index contributed by atoms with van der Waals surface area (Å²) in [6, 6.07) is 7.95. The van der Waals surface area contributed by atoms with E-state index in [1.165, 1.54) is 0 Å². The normalized spacial score (nSPS) is 22.4. The molecule has 0 spiro atoms. The average molecular weight is 286 g/mol. The molecule has 0 saturated heterocycles. The van der Waals surface area contributed by atoms with Crippen molar-refractivity contribution < 1.29 is 9.90 Å². The van der Waals surface area contributed by atoms with Crippen LogP contribution in [0.4, 0.5) is 0 Å². The monoisotopic (exact) mass is 286 g/mol. The number of hydrogen-bond acceptors (Lipinski definition) is 2. The molecule has 21 heavy (non-hydrogen) atoms. The predicted octanol–water partition coefficient (Wildman–Crippen LogP) is 2.44. The van der Waals surface area contributed by atoms with E-state index in [0.717, 1.165) is 47.8 Å². The lowest BCUT2D eigenvalue weighted by atomic mass is 9.92. The molecular formula is C17H22N2O2. The van der Waals surface area contributed by atoms with Gasteiger partial charge in [-0.25, -0.2) is 0 Å². The van der Waals surface area contributed by atoms with E-state index in [1.54, 1.807) is 0 Å². The summed E-state index contributed by atoms with van der Waals surface area (Å²) in [7, 11) is 0. The number of nitrogens with one attached hydrogen (secondary N) is 2. The van der Waals surface area contributed by atoms with Gasteiger partial charge < -0.3 is 15.4 Å². The Morgan fingerprint density at radius 1 is 1.33 bits per heavy atom. The maximum atomic E-state index is 12.3. The summed E-state index contributed by atoms with van der Waals surface area (Å²) in [6.07, 6.45) is 3.76. The van der Waals surface area contributed by atoms with Gasteiger partial charge in [-0.2, -0.15) is 0 Å². The largest absolute Gasteiger partial charge is 0.391 e. The number of amides is 1. The van der Waals surface area contributed by atoms with Crippen molar-refractivity contribution in [1.29, 1.82) is 0 Å². The summed E-state index contributed by atoms with van der Waals surface area (Å²) in [5.41, 5.74) is 3.15. The molecule has 3 rings (SSSR count). The highest BCUT2D eigenvalue weighted by atomic mass is 16.3. The zero-order valence-corrected chi connectivity index (χ0v) is 12.4. The smallest absolute Gasteiger partial charge is 0.224 e. The van der Waals surface area contributed by atoms with E-state index < -0.39 is 6.10 Å². The van der Waals surface area contributed by atoms with Crippen molar-refractivity contribution in [1.82, 2.24) is 10.3 Å². The number of para-hydroxylation sites is 1. The van der Waals surface area contributed by atoms with Gasteiger partial charge >= 0.3 is 0 Å². The van der Waals surface area contributed by atoms with Gasteiger partial charge in [0.15, 0.2) is 0 Å². The number of fused-ring (bicyclic) bond motifs is 1. The van der Waals surface area contributed by atoms with Crippen LogP contribution in [0.25, 0.3) is 10.9 Å². The molecule has 4 nitrogen and oxygen atoms in total. The summed E-state index contributed by atoms with van der Waals surface area (Å²) in [6.45, 7) is 2.00. The fourth-order valence-electron chi connectivity index (χ4n) is 3.26. The number of aryl methyl sites for hydroxylation is 1. The third-order valence-corrected chi connectivity index (χ3v) is 4.44. The van der Waals surface area contributed by atoms with Gasteiger partial charge in [0.05, 0.1) is 18.6 Å². The van der Waals surface area contributed by atoms with Crippen molar-refractivity contribution in [3.05, 3.63) is 35.5 Å². The van der Waals surface area contributed by atoms with Gasteiger partial charge in [-0.3, -0.25) is 4.79 Å².